The number of carbonyl (C=O) groups excluding carboxylic acids is 1. The smallest absolute Gasteiger partial charge is 0.252 e. The lowest BCUT2D eigenvalue weighted by molar-refractivity contribution is 0.0869. The highest BCUT2D eigenvalue weighted by Crippen LogP contribution is 2.29. The fourth-order valence-corrected chi connectivity index (χ4v) is 2.94. The molecule has 0 radical (unpaired) electrons. The van der Waals surface area contributed by atoms with E-state index in [0.29, 0.717) is 25.2 Å². The van der Waals surface area contributed by atoms with E-state index in [4.69, 9.17) is 4.74 Å². The molecule has 0 aliphatic carbocycles. The monoisotopic (exact) mass is 349 g/mol. The highest BCUT2D eigenvalue weighted by atomic mass is 79.9. The molecule has 5 nitrogen and oxygen atoms in total. The third-order valence-electron chi connectivity index (χ3n) is 3.84. The van der Waals surface area contributed by atoms with Gasteiger partial charge in [0.15, 0.2) is 0 Å². The minimum Gasteiger partial charge on any atom is -0.378 e. The van der Waals surface area contributed by atoms with Gasteiger partial charge in [-0.15, -0.1) is 0 Å². The lowest BCUT2D eigenvalue weighted by Crippen LogP contribution is -2.47. The molecule has 2 aromatic rings. The molecule has 0 spiro atoms. The largest absolute Gasteiger partial charge is 0.378 e. The number of imidazole rings is 1. The number of ether oxygens (including phenoxy) is 1. The van der Waals surface area contributed by atoms with E-state index in [1.54, 1.807) is 12.4 Å². The molecule has 1 fully saturated rings. The Balaban J connectivity index is 1.90. The van der Waals surface area contributed by atoms with Crippen molar-refractivity contribution in [3.8, 4) is 0 Å². The number of halogens is 1. The minimum absolute atomic E-state index is 0.115. The summed E-state index contributed by atoms with van der Waals surface area (Å²) < 4.78 is 6.41. The number of H-pyrrole nitrogens is 1. The van der Waals surface area contributed by atoms with Crippen LogP contribution in [0.1, 0.15) is 28.2 Å². The van der Waals surface area contributed by atoms with Crippen LogP contribution in [-0.4, -0.2) is 29.1 Å². The van der Waals surface area contributed by atoms with Crippen molar-refractivity contribution in [2.45, 2.75) is 18.9 Å². The maximum absolute atomic E-state index is 12.6. The van der Waals surface area contributed by atoms with Crippen molar-refractivity contribution in [1.82, 2.24) is 15.3 Å². The summed E-state index contributed by atoms with van der Waals surface area (Å²) in [7, 11) is 0. The highest BCUT2D eigenvalue weighted by molar-refractivity contribution is 9.10. The molecule has 1 aromatic carbocycles. The number of nitrogens with zero attached hydrogens (tertiary/aromatic N) is 1. The molecular weight excluding hydrogens is 334 g/mol. The minimum atomic E-state index is -0.574. The van der Waals surface area contributed by atoms with Crippen LogP contribution in [0.25, 0.3) is 0 Å². The number of carbonyl (C=O) groups is 1. The molecule has 1 aliphatic rings. The quantitative estimate of drug-likeness (QED) is 0.894. The van der Waals surface area contributed by atoms with Crippen LogP contribution in [-0.2, 0) is 10.3 Å². The number of aromatic nitrogens is 2. The summed E-state index contributed by atoms with van der Waals surface area (Å²) in [4.78, 5) is 20.0. The Bertz CT molecular complexity index is 649. The number of hydrogen-bond acceptors (Lipinski definition) is 3. The van der Waals surface area contributed by atoms with Crippen molar-refractivity contribution in [3.05, 3.63) is 52.0 Å². The topological polar surface area (TPSA) is 67.0 Å². The van der Waals surface area contributed by atoms with E-state index in [2.05, 4.69) is 31.2 Å². The number of amides is 1. The Kier molecular flexibility index (Phi) is 3.82. The van der Waals surface area contributed by atoms with Gasteiger partial charge in [0.1, 0.15) is 11.4 Å². The van der Waals surface area contributed by atoms with Gasteiger partial charge in [0.25, 0.3) is 5.91 Å². The van der Waals surface area contributed by atoms with E-state index >= 15 is 0 Å². The second-order valence-electron chi connectivity index (χ2n) is 5.19. The number of nitrogens with one attached hydrogen (secondary N) is 2. The van der Waals surface area contributed by atoms with E-state index in [1.165, 1.54) is 0 Å². The van der Waals surface area contributed by atoms with Gasteiger partial charge in [-0.1, -0.05) is 22.0 Å². The first-order valence-electron chi connectivity index (χ1n) is 6.78. The van der Waals surface area contributed by atoms with Crippen LogP contribution in [0, 0.1) is 6.92 Å². The molecule has 3 rings (SSSR count). The van der Waals surface area contributed by atoms with Gasteiger partial charge in [-0.25, -0.2) is 4.98 Å². The van der Waals surface area contributed by atoms with Crippen LogP contribution in [0.3, 0.4) is 0 Å². The zero-order valence-electron chi connectivity index (χ0n) is 11.6. The van der Waals surface area contributed by atoms with Crippen molar-refractivity contribution in [2.75, 3.05) is 13.2 Å². The predicted molar refractivity (Wildman–Crippen MR) is 82.0 cm³/mol. The summed E-state index contributed by atoms with van der Waals surface area (Å²) in [6, 6.07) is 5.60. The van der Waals surface area contributed by atoms with Gasteiger partial charge >= 0.3 is 0 Å². The third kappa shape index (κ3) is 2.61. The number of rotatable bonds is 3. The molecule has 110 valence electrons. The zero-order valence-corrected chi connectivity index (χ0v) is 13.2. The Morgan fingerprint density at radius 1 is 1.52 bits per heavy atom. The van der Waals surface area contributed by atoms with E-state index in [0.717, 1.165) is 15.9 Å². The standard InChI is InChI=1S/C15H16BrN3O2/c1-10-11(3-2-4-12(10)16)13(20)19-15(5-8-21-9-15)14-17-6-7-18-14/h2-4,6-7H,5,8-9H2,1H3,(H,17,18)(H,19,20). The molecule has 2 N–H and O–H groups in total. The van der Waals surface area contributed by atoms with Crippen molar-refractivity contribution in [2.24, 2.45) is 0 Å². The summed E-state index contributed by atoms with van der Waals surface area (Å²) in [5, 5.41) is 3.10. The average molecular weight is 350 g/mol. The van der Waals surface area contributed by atoms with Gasteiger partial charge in [0.2, 0.25) is 0 Å². The summed E-state index contributed by atoms with van der Waals surface area (Å²) >= 11 is 3.46. The van der Waals surface area contributed by atoms with E-state index in [1.807, 2.05) is 25.1 Å². The van der Waals surface area contributed by atoms with Crippen molar-refractivity contribution >= 4 is 21.8 Å². The average Bonchev–Trinajstić information content (AvgIpc) is 3.13. The molecule has 0 saturated carbocycles. The molecule has 1 unspecified atom stereocenters. The van der Waals surface area contributed by atoms with Gasteiger partial charge < -0.3 is 15.0 Å². The van der Waals surface area contributed by atoms with Crippen LogP contribution in [0.4, 0.5) is 0 Å². The lowest BCUT2D eigenvalue weighted by atomic mass is 9.96. The number of benzene rings is 1. The Morgan fingerprint density at radius 2 is 2.38 bits per heavy atom. The van der Waals surface area contributed by atoms with E-state index in [-0.39, 0.29) is 5.91 Å². The van der Waals surface area contributed by atoms with Gasteiger partial charge in [0, 0.05) is 35.5 Å². The lowest BCUT2D eigenvalue weighted by Gasteiger charge is -2.27. The second-order valence-corrected chi connectivity index (χ2v) is 6.04. The maximum Gasteiger partial charge on any atom is 0.252 e. The highest BCUT2D eigenvalue weighted by Gasteiger charge is 2.40. The number of aromatic amines is 1. The summed E-state index contributed by atoms with van der Waals surface area (Å²) in [6.07, 6.45) is 4.15. The first-order valence-corrected chi connectivity index (χ1v) is 7.57. The summed E-state index contributed by atoms with van der Waals surface area (Å²) in [5.41, 5.74) is 1.00. The van der Waals surface area contributed by atoms with Gasteiger partial charge in [-0.05, 0) is 24.6 Å². The van der Waals surface area contributed by atoms with Crippen LogP contribution in [0.5, 0.6) is 0 Å². The van der Waals surface area contributed by atoms with E-state index < -0.39 is 5.54 Å². The van der Waals surface area contributed by atoms with Crippen molar-refractivity contribution < 1.29 is 9.53 Å². The predicted octanol–water partition coefficient (Wildman–Crippen LogP) is 2.53. The molecule has 1 aliphatic heterocycles. The molecule has 2 heterocycles. The van der Waals surface area contributed by atoms with Crippen molar-refractivity contribution in [1.29, 1.82) is 0 Å². The third-order valence-corrected chi connectivity index (χ3v) is 4.70. The second kappa shape index (κ2) is 5.61. The Labute approximate surface area is 131 Å². The first-order chi connectivity index (χ1) is 10.1. The molecule has 6 heteroatoms. The molecule has 0 bridgehead atoms. The summed E-state index contributed by atoms with van der Waals surface area (Å²) in [6.45, 7) is 2.96. The molecule has 1 saturated heterocycles. The van der Waals surface area contributed by atoms with Crippen LogP contribution in [0.2, 0.25) is 0 Å². The zero-order chi connectivity index (χ0) is 14.9. The fourth-order valence-electron chi connectivity index (χ4n) is 2.57. The Morgan fingerprint density at radius 3 is 3.05 bits per heavy atom. The first kappa shape index (κ1) is 14.3. The normalized spacial score (nSPS) is 21.4. The maximum atomic E-state index is 12.6. The molecule has 21 heavy (non-hydrogen) atoms. The van der Waals surface area contributed by atoms with Gasteiger partial charge in [-0.3, -0.25) is 4.79 Å². The number of hydrogen-bond donors (Lipinski definition) is 2. The van der Waals surface area contributed by atoms with Crippen LogP contribution in [0.15, 0.2) is 35.1 Å². The van der Waals surface area contributed by atoms with Crippen molar-refractivity contribution in [3.63, 3.8) is 0 Å². The molecule has 1 aromatic heterocycles. The van der Waals surface area contributed by atoms with Gasteiger partial charge in [0.05, 0.1) is 6.61 Å². The molecular formula is C15H16BrN3O2. The van der Waals surface area contributed by atoms with E-state index in [9.17, 15) is 4.79 Å². The van der Waals surface area contributed by atoms with Gasteiger partial charge in [-0.2, -0.15) is 0 Å². The van der Waals surface area contributed by atoms with Crippen LogP contribution >= 0.6 is 15.9 Å². The molecule has 1 amide bonds. The van der Waals surface area contributed by atoms with Crippen LogP contribution < -0.4 is 5.32 Å². The fraction of sp³-hybridized carbons (Fsp3) is 0.333. The Hall–Kier alpha value is -1.66. The SMILES string of the molecule is Cc1c(Br)cccc1C(=O)NC1(c2ncc[nH]2)CCOC1. The molecule has 1 atom stereocenters. The summed E-state index contributed by atoms with van der Waals surface area (Å²) in [5.74, 6) is 0.622.